The summed E-state index contributed by atoms with van der Waals surface area (Å²) in [5.41, 5.74) is 33.7. The van der Waals surface area contributed by atoms with Crippen LogP contribution in [-0.4, -0.2) is 0 Å². The molecule has 3 aliphatic carbocycles. The van der Waals surface area contributed by atoms with E-state index in [-0.39, 0.29) is 5.41 Å². The Labute approximate surface area is 526 Å². The van der Waals surface area contributed by atoms with Crippen molar-refractivity contribution in [2.45, 2.75) is 70.6 Å². The van der Waals surface area contributed by atoms with Gasteiger partial charge >= 0.3 is 0 Å². The summed E-state index contributed by atoms with van der Waals surface area (Å²) in [6, 6.07) is 101. The lowest BCUT2D eigenvalue weighted by atomic mass is 9.67. The molecule has 0 aromatic heterocycles. The van der Waals surface area contributed by atoms with Crippen LogP contribution in [0.3, 0.4) is 0 Å². The van der Waals surface area contributed by atoms with Gasteiger partial charge < -0.3 is 9.80 Å². The second kappa shape index (κ2) is 21.5. The Morgan fingerprint density at radius 3 is 0.989 bits per heavy atom. The first-order valence-corrected chi connectivity index (χ1v) is 31.4. The molecule has 0 N–H and O–H groups in total. The average molecular weight is 1150 g/mol. The fourth-order valence-corrected chi connectivity index (χ4v) is 15.7. The zero-order valence-corrected chi connectivity index (χ0v) is 51.8. The fraction of sp³-hybridized carbons (Fsp3) is 0.126. The van der Waals surface area contributed by atoms with Crippen LogP contribution in [0.2, 0.25) is 0 Å². The molecule has 89 heavy (non-hydrogen) atoms. The second-order valence-electron chi connectivity index (χ2n) is 25.7. The van der Waals surface area contributed by atoms with Gasteiger partial charge in [-0.2, -0.15) is 0 Å². The molecule has 0 bridgehead atoms. The minimum absolute atomic E-state index is 0.349. The van der Waals surface area contributed by atoms with Crippen molar-refractivity contribution >= 4 is 46.3 Å². The van der Waals surface area contributed by atoms with Crippen LogP contribution in [0, 0.1) is 27.7 Å². The number of aryl methyl sites for hydroxylation is 4. The highest BCUT2D eigenvalue weighted by atomic mass is 15.1. The quantitative estimate of drug-likeness (QED) is 0.107. The Morgan fingerprint density at radius 1 is 0.292 bits per heavy atom. The first kappa shape index (κ1) is 55.3. The van der Waals surface area contributed by atoms with Crippen molar-refractivity contribution in [1.82, 2.24) is 0 Å². The molecule has 0 radical (unpaired) electrons. The summed E-state index contributed by atoms with van der Waals surface area (Å²) in [6.07, 6.45) is 5.48. The smallest absolute Gasteiger partial charge is 0.0507 e. The first-order valence-electron chi connectivity index (χ1n) is 31.4. The van der Waals surface area contributed by atoms with Crippen LogP contribution in [0.25, 0.3) is 45.5 Å². The van der Waals surface area contributed by atoms with Crippen molar-refractivity contribution in [3.05, 3.63) is 369 Å². The summed E-state index contributed by atoms with van der Waals surface area (Å²) in [5.74, 6) is 0. The van der Waals surface area contributed by atoms with Crippen LogP contribution in [0.1, 0.15) is 103 Å². The van der Waals surface area contributed by atoms with Crippen LogP contribution in [0.4, 0.5) is 34.1 Å². The van der Waals surface area contributed by atoms with Crippen molar-refractivity contribution in [2.75, 3.05) is 9.80 Å². The number of hydrogen-bond acceptors (Lipinski definition) is 2. The van der Waals surface area contributed by atoms with E-state index in [1.807, 2.05) is 12.2 Å². The molecule has 2 unspecified atom stereocenters. The first-order chi connectivity index (χ1) is 43.4. The van der Waals surface area contributed by atoms with Gasteiger partial charge in [-0.05, 0) is 225 Å². The molecular weight excluding hydrogens is 1070 g/mol. The fourth-order valence-electron chi connectivity index (χ4n) is 15.7. The van der Waals surface area contributed by atoms with Gasteiger partial charge in [-0.25, -0.2) is 0 Å². The van der Waals surface area contributed by atoms with Gasteiger partial charge in [-0.15, -0.1) is 0 Å². The van der Waals surface area contributed by atoms with Crippen molar-refractivity contribution in [3.8, 4) is 33.4 Å². The molecule has 12 aromatic rings. The molecule has 0 saturated heterocycles. The number of fused-ring (bicyclic) bond motifs is 9. The van der Waals surface area contributed by atoms with Crippen molar-refractivity contribution in [1.29, 1.82) is 0 Å². The SMILES string of the molecule is C=Cc1ccc(CC2(c3cc(C)ccc3C)c3ccccc3-c3ccc(N(c4ccccc4)c4ccc5c(c4)C(C)(C)c4cc(N(c6ccccc6)c6ccc7c(c6)C(Cc6ccc(C=C)cc6)(c6cc(C)ccc6C)c6ccccc6-7)ccc4-5)cc32)cc1. The third kappa shape index (κ3) is 8.90. The van der Waals surface area contributed by atoms with E-state index in [9.17, 15) is 0 Å². The summed E-state index contributed by atoms with van der Waals surface area (Å²) in [5, 5.41) is 0. The van der Waals surface area contributed by atoms with E-state index in [0.29, 0.717) is 0 Å². The van der Waals surface area contributed by atoms with Gasteiger partial charge in [0.25, 0.3) is 0 Å². The Morgan fingerprint density at radius 2 is 0.618 bits per heavy atom. The van der Waals surface area contributed by atoms with Gasteiger partial charge in [0.05, 0.1) is 10.8 Å². The lowest BCUT2D eigenvalue weighted by Crippen LogP contribution is -2.31. The monoisotopic (exact) mass is 1140 g/mol. The maximum absolute atomic E-state index is 4.08. The summed E-state index contributed by atoms with van der Waals surface area (Å²) in [6.45, 7) is 22.1. The molecule has 2 nitrogen and oxygen atoms in total. The number of anilines is 6. The van der Waals surface area contributed by atoms with Crippen LogP contribution < -0.4 is 9.80 Å². The molecule has 0 aliphatic heterocycles. The van der Waals surface area contributed by atoms with Crippen molar-refractivity contribution in [2.24, 2.45) is 0 Å². The number of benzene rings is 12. The molecule has 0 saturated carbocycles. The van der Waals surface area contributed by atoms with Gasteiger partial charge in [0, 0.05) is 39.5 Å². The zero-order chi connectivity index (χ0) is 60.8. The topological polar surface area (TPSA) is 6.48 Å². The molecule has 2 atom stereocenters. The maximum atomic E-state index is 4.08. The lowest BCUT2D eigenvalue weighted by molar-refractivity contribution is 0.624. The van der Waals surface area contributed by atoms with Crippen LogP contribution in [0.15, 0.2) is 280 Å². The van der Waals surface area contributed by atoms with E-state index in [1.165, 1.54) is 111 Å². The van der Waals surface area contributed by atoms with E-state index < -0.39 is 10.8 Å². The third-order valence-corrected chi connectivity index (χ3v) is 20.1. The number of hydrogen-bond donors (Lipinski definition) is 0. The van der Waals surface area contributed by atoms with Crippen molar-refractivity contribution < 1.29 is 0 Å². The number of rotatable bonds is 14. The molecule has 12 aromatic carbocycles. The molecule has 0 fully saturated rings. The Balaban J connectivity index is 0.858. The Kier molecular flexibility index (Phi) is 13.4. The Bertz CT molecular complexity index is 4470. The summed E-state index contributed by atoms with van der Waals surface area (Å²) < 4.78 is 0. The van der Waals surface area contributed by atoms with Gasteiger partial charge in [0.1, 0.15) is 0 Å². The highest BCUT2D eigenvalue weighted by Crippen LogP contribution is 2.60. The second-order valence-corrected chi connectivity index (χ2v) is 25.7. The summed E-state index contributed by atoms with van der Waals surface area (Å²) in [4.78, 5) is 4.97. The van der Waals surface area contributed by atoms with Gasteiger partial charge in [-0.3, -0.25) is 0 Å². The third-order valence-electron chi connectivity index (χ3n) is 20.1. The summed E-state index contributed by atoms with van der Waals surface area (Å²) >= 11 is 0. The number of nitrogens with zero attached hydrogens (tertiary/aromatic N) is 2. The van der Waals surface area contributed by atoms with E-state index in [0.717, 1.165) is 58.1 Å². The average Bonchev–Trinajstić information content (AvgIpc) is 1.58. The molecule has 2 heteroatoms. The van der Waals surface area contributed by atoms with Crippen LogP contribution >= 0.6 is 0 Å². The van der Waals surface area contributed by atoms with Gasteiger partial charge in [0.15, 0.2) is 0 Å². The molecule has 0 amide bonds. The van der Waals surface area contributed by atoms with E-state index >= 15 is 0 Å². The van der Waals surface area contributed by atoms with E-state index in [1.54, 1.807) is 0 Å². The normalized spacial score (nSPS) is 16.1. The van der Waals surface area contributed by atoms with Crippen LogP contribution in [0.5, 0.6) is 0 Å². The molecule has 3 aliphatic rings. The zero-order valence-electron chi connectivity index (χ0n) is 51.8. The van der Waals surface area contributed by atoms with Crippen LogP contribution in [-0.2, 0) is 29.1 Å². The molecule has 0 spiro atoms. The predicted molar refractivity (Wildman–Crippen MR) is 376 cm³/mol. The van der Waals surface area contributed by atoms with Gasteiger partial charge in [0.2, 0.25) is 0 Å². The maximum Gasteiger partial charge on any atom is 0.0507 e. The minimum Gasteiger partial charge on any atom is -0.310 e. The largest absolute Gasteiger partial charge is 0.310 e. The molecular formula is C87H72N2. The van der Waals surface area contributed by atoms with Crippen molar-refractivity contribution in [3.63, 3.8) is 0 Å². The molecule has 430 valence electrons. The lowest BCUT2D eigenvalue weighted by Gasteiger charge is -2.36. The Hall–Kier alpha value is -10.3. The van der Waals surface area contributed by atoms with E-state index in [4.69, 9.17) is 0 Å². The number of para-hydroxylation sites is 2. The molecule has 0 heterocycles. The van der Waals surface area contributed by atoms with Gasteiger partial charge in [-0.1, -0.05) is 244 Å². The highest BCUT2D eigenvalue weighted by molar-refractivity contribution is 5.93. The van der Waals surface area contributed by atoms with E-state index in [2.05, 4.69) is 331 Å². The predicted octanol–water partition coefficient (Wildman–Crippen LogP) is 22.6. The molecule has 15 rings (SSSR count). The highest BCUT2D eigenvalue weighted by Gasteiger charge is 2.48. The minimum atomic E-state index is -0.463. The standard InChI is InChI=1S/C87H72N2/c1-9-61-33-37-63(38-34-61)55-86(79-49-57(3)29-31-59(79)5)77-27-19-17-25-71(77)75-47-43-69(53-83(75)86)88(65-21-13-11-14-22-65)67-41-45-73-74-46-42-68(52-82(74)85(7,8)81(73)51-67)89(66-23-15-12-16-24-66)70-44-48-76-72-26-18-20-28-78(72)87(84(76)54-70,80-50-58(4)30-32-60(80)6)56-64-39-35-62(10-2)36-40-64/h9-54H,1-2,55-56H2,3-8H3. The summed E-state index contributed by atoms with van der Waals surface area (Å²) in [7, 11) is 0.